The minimum absolute atomic E-state index is 0.137. The molecule has 1 N–H and O–H groups in total. The van der Waals surface area contributed by atoms with Crippen LogP contribution < -0.4 is 5.32 Å². The third kappa shape index (κ3) is 3.07. The predicted octanol–water partition coefficient (Wildman–Crippen LogP) is 2.58. The van der Waals surface area contributed by atoms with Crippen LogP contribution in [-0.4, -0.2) is 37.1 Å². The fourth-order valence-corrected chi connectivity index (χ4v) is 4.90. The van der Waals surface area contributed by atoms with Crippen LogP contribution in [0.1, 0.15) is 31.2 Å². The minimum Gasteiger partial charge on any atom is -0.380 e. The molecule has 118 valence electrons. The molecule has 0 atom stereocenters. The van der Waals surface area contributed by atoms with Gasteiger partial charge in [0.25, 0.3) is 0 Å². The van der Waals surface area contributed by atoms with Crippen LogP contribution in [0, 0.1) is 11.3 Å². The summed E-state index contributed by atoms with van der Waals surface area (Å²) in [7, 11) is -3.08. The van der Waals surface area contributed by atoms with Gasteiger partial charge in [-0.3, -0.25) is 0 Å². The number of nitriles is 1. The maximum absolute atomic E-state index is 12.2. The highest BCUT2D eigenvalue weighted by molar-refractivity contribution is 7.90. The van der Waals surface area contributed by atoms with Gasteiger partial charge in [0, 0.05) is 19.1 Å². The van der Waals surface area contributed by atoms with E-state index in [4.69, 9.17) is 16.9 Å². The Labute approximate surface area is 135 Å². The highest BCUT2D eigenvalue weighted by atomic mass is 35.5. The van der Waals surface area contributed by atoms with Gasteiger partial charge in [0.05, 0.1) is 21.5 Å². The zero-order valence-corrected chi connectivity index (χ0v) is 13.7. The zero-order valence-electron chi connectivity index (χ0n) is 12.1. The van der Waals surface area contributed by atoms with Crippen molar-refractivity contribution in [3.8, 4) is 6.07 Å². The molecule has 1 aliphatic heterocycles. The number of nitrogens with one attached hydrogen (secondary N) is 1. The molecule has 5 nitrogen and oxygen atoms in total. The molecule has 1 saturated carbocycles. The van der Waals surface area contributed by atoms with E-state index in [1.54, 1.807) is 22.5 Å². The van der Waals surface area contributed by atoms with Crippen molar-refractivity contribution in [3.05, 3.63) is 28.8 Å². The van der Waals surface area contributed by atoms with Crippen molar-refractivity contribution in [3.63, 3.8) is 0 Å². The van der Waals surface area contributed by atoms with E-state index in [9.17, 15) is 8.42 Å². The monoisotopic (exact) mass is 339 g/mol. The number of rotatable bonds is 4. The van der Waals surface area contributed by atoms with Gasteiger partial charge in [-0.25, -0.2) is 12.7 Å². The van der Waals surface area contributed by atoms with Gasteiger partial charge in [-0.1, -0.05) is 17.7 Å². The van der Waals surface area contributed by atoms with E-state index in [0.717, 1.165) is 25.7 Å². The molecule has 0 radical (unpaired) electrons. The molecule has 1 aromatic carbocycles. The van der Waals surface area contributed by atoms with Crippen LogP contribution in [-0.2, 0) is 10.0 Å². The predicted molar refractivity (Wildman–Crippen MR) is 86.3 cm³/mol. The van der Waals surface area contributed by atoms with Crippen molar-refractivity contribution in [2.45, 2.75) is 37.0 Å². The van der Waals surface area contributed by atoms with E-state index in [0.29, 0.717) is 29.4 Å². The number of hydrogen-bond donors (Lipinski definition) is 1. The first-order chi connectivity index (χ1) is 10.5. The Hall–Kier alpha value is -1.29. The number of piperidine rings is 1. The van der Waals surface area contributed by atoms with E-state index in [1.807, 2.05) is 0 Å². The number of halogens is 1. The molecular weight excluding hydrogens is 322 g/mol. The number of anilines is 1. The average Bonchev–Trinajstić information content (AvgIpc) is 3.35. The summed E-state index contributed by atoms with van der Waals surface area (Å²) in [6.07, 6.45) is 3.04. The minimum atomic E-state index is -3.08. The molecule has 2 aliphatic rings. The van der Waals surface area contributed by atoms with Crippen LogP contribution in [0.25, 0.3) is 0 Å². The summed E-state index contributed by atoms with van der Waals surface area (Å²) in [6, 6.07) is 7.48. The van der Waals surface area contributed by atoms with Crippen molar-refractivity contribution in [2.75, 3.05) is 18.4 Å². The second-order valence-corrected chi connectivity index (χ2v) is 8.46. The fraction of sp³-hybridized carbons (Fsp3) is 0.533. The molecule has 3 rings (SSSR count). The standard InChI is InChI=1S/C15H18ClN3O2S/c16-14-3-1-2-11(10-17)15(14)18-12-6-8-19(9-7-12)22(20,21)13-4-5-13/h1-3,12-13,18H,4-9H2. The molecule has 0 aromatic heterocycles. The lowest BCUT2D eigenvalue weighted by Crippen LogP contribution is -2.43. The van der Waals surface area contributed by atoms with E-state index in [-0.39, 0.29) is 11.3 Å². The van der Waals surface area contributed by atoms with Gasteiger partial charge in [0.15, 0.2) is 0 Å². The Morgan fingerprint density at radius 2 is 1.91 bits per heavy atom. The maximum atomic E-state index is 12.2. The lowest BCUT2D eigenvalue weighted by Gasteiger charge is -2.32. The van der Waals surface area contributed by atoms with E-state index < -0.39 is 10.0 Å². The smallest absolute Gasteiger partial charge is 0.216 e. The van der Waals surface area contributed by atoms with Crippen molar-refractivity contribution >= 4 is 27.3 Å². The second-order valence-electron chi connectivity index (χ2n) is 5.84. The van der Waals surface area contributed by atoms with Crippen LogP contribution >= 0.6 is 11.6 Å². The SMILES string of the molecule is N#Cc1cccc(Cl)c1NC1CCN(S(=O)(=O)C2CC2)CC1. The van der Waals surface area contributed by atoms with Crippen LogP contribution in [0.3, 0.4) is 0 Å². The first kappa shape index (κ1) is 15.6. The summed E-state index contributed by atoms with van der Waals surface area (Å²) < 4.78 is 26.0. The number of nitrogens with zero attached hydrogens (tertiary/aromatic N) is 2. The molecule has 0 unspecified atom stereocenters. The first-order valence-electron chi connectivity index (χ1n) is 7.46. The summed E-state index contributed by atoms with van der Waals surface area (Å²) in [5, 5.41) is 12.8. The van der Waals surface area contributed by atoms with Crippen molar-refractivity contribution in [2.24, 2.45) is 0 Å². The Morgan fingerprint density at radius 3 is 2.50 bits per heavy atom. The van der Waals surface area contributed by atoms with Gasteiger partial charge in [-0.15, -0.1) is 0 Å². The second kappa shape index (κ2) is 6.07. The number of hydrogen-bond acceptors (Lipinski definition) is 4. The summed E-state index contributed by atoms with van der Waals surface area (Å²) >= 11 is 6.16. The van der Waals surface area contributed by atoms with Crippen molar-refractivity contribution in [1.29, 1.82) is 5.26 Å². The molecule has 7 heteroatoms. The lowest BCUT2D eigenvalue weighted by atomic mass is 10.1. The number of sulfonamides is 1. The summed E-state index contributed by atoms with van der Waals surface area (Å²) in [6.45, 7) is 1.06. The van der Waals surface area contributed by atoms with Gasteiger partial charge >= 0.3 is 0 Å². The Kier molecular flexibility index (Phi) is 4.31. The molecule has 0 spiro atoms. The van der Waals surface area contributed by atoms with Crippen LogP contribution in [0.2, 0.25) is 5.02 Å². The van der Waals surface area contributed by atoms with Crippen molar-refractivity contribution in [1.82, 2.24) is 4.31 Å². The van der Waals surface area contributed by atoms with Gasteiger partial charge in [0.2, 0.25) is 10.0 Å². The average molecular weight is 340 g/mol. The summed E-state index contributed by atoms with van der Waals surface area (Å²) in [4.78, 5) is 0. The summed E-state index contributed by atoms with van der Waals surface area (Å²) in [5.41, 5.74) is 1.16. The molecule has 1 aliphatic carbocycles. The van der Waals surface area contributed by atoms with Gasteiger partial charge in [-0.2, -0.15) is 5.26 Å². The van der Waals surface area contributed by atoms with E-state index >= 15 is 0 Å². The van der Waals surface area contributed by atoms with Crippen molar-refractivity contribution < 1.29 is 8.42 Å². The van der Waals surface area contributed by atoms with Gasteiger partial charge < -0.3 is 5.32 Å². The maximum Gasteiger partial charge on any atom is 0.216 e. The molecule has 22 heavy (non-hydrogen) atoms. The molecule has 1 aromatic rings. The zero-order chi connectivity index (χ0) is 15.7. The topological polar surface area (TPSA) is 73.2 Å². The fourth-order valence-electron chi connectivity index (χ4n) is 2.80. The Bertz CT molecular complexity index is 702. The molecule has 0 bridgehead atoms. The first-order valence-corrected chi connectivity index (χ1v) is 9.34. The highest BCUT2D eigenvalue weighted by Gasteiger charge is 2.41. The third-order valence-electron chi connectivity index (χ3n) is 4.24. The van der Waals surface area contributed by atoms with Gasteiger partial charge in [-0.05, 0) is 37.8 Å². The number of para-hydroxylation sites is 1. The largest absolute Gasteiger partial charge is 0.380 e. The van der Waals surface area contributed by atoms with Crippen LogP contribution in [0.5, 0.6) is 0 Å². The Morgan fingerprint density at radius 1 is 1.23 bits per heavy atom. The quantitative estimate of drug-likeness (QED) is 0.915. The molecule has 1 saturated heterocycles. The van der Waals surface area contributed by atoms with E-state index in [1.165, 1.54) is 0 Å². The van der Waals surface area contributed by atoms with Gasteiger partial charge in [0.1, 0.15) is 6.07 Å². The lowest BCUT2D eigenvalue weighted by molar-refractivity contribution is 0.329. The van der Waals surface area contributed by atoms with Crippen LogP contribution in [0.4, 0.5) is 5.69 Å². The van der Waals surface area contributed by atoms with Crippen LogP contribution in [0.15, 0.2) is 18.2 Å². The summed E-state index contributed by atoms with van der Waals surface area (Å²) in [5.74, 6) is 0. The third-order valence-corrected chi connectivity index (χ3v) is 6.96. The highest BCUT2D eigenvalue weighted by Crippen LogP contribution is 2.33. The Balaban J connectivity index is 1.64. The molecule has 2 fully saturated rings. The number of benzene rings is 1. The normalized spacial score (nSPS) is 20.5. The van der Waals surface area contributed by atoms with E-state index in [2.05, 4.69) is 11.4 Å². The molecule has 0 amide bonds. The molecule has 1 heterocycles. The molecular formula is C15H18ClN3O2S.